The van der Waals surface area contributed by atoms with Gasteiger partial charge < -0.3 is 10.1 Å². The highest BCUT2D eigenvalue weighted by Crippen LogP contribution is 2.49. The summed E-state index contributed by atoms with van der Waals surface area (Å²) in [5.74, 6) is 0.548. The van der Waals surface area contributed by atoms with Gasteiger partial charge in [-0.25, -0.2) is 0 Å². The molecule has 1 rings (SSSR count). The molecule has 0 saturated heterocycles. The Bertz CT molecular complexity index is 364. The van der Waals surface area contributed by atoms with Crippen LogP contribution in [0.25, 0.3) is 0 Å². The van der Waals surface area contributed by atoms with Crippen LogP contribution in [0.15, 0.2) is 0 Å². The Hall–Kier alpha value is -0.910. The van der Waals surface area contributed by atoms with Crippen LogP contribution < -0.4 is 5.32 Å². The van der Waals surface area contributed by atoms with Crippen LogP contribution in [0, 0.1) is 5.41 Å². The lowest BCUT2D eigenvalue weighted by molar-refractivity contribution is -0.141. The van der Waals surface area contributed by atoms with Crippen molar-refractivity contribution in [2.24, 2.45) is 5.41 Å². The van der Waals surface area contributed by atoms with Crippen molar-refractivity contribution >= 4 is 22.7 Å². The van der Waals surface area contributed by atoms with Gasteiger partial charge in [-0.1, -0.05) is 0 Å². The van der Waals surface area contributed by atoms with Gasteiger partial charge >= 0.3 is 5.97 Å². The number of carbonyl (C=O) groups excluding carboxylic acids is 2. The van der Waals surface area contributed by atoms with Crippen molar-refractivity contribution in [3.05, 3.63) is 0 Å². The van der Waals surface area contributed by atoms with Crippen LogP contribution in [0.2, 0.25) is 0 Å². The highest BCUT2D eigenvalue weighted by molar-refractivity contribution is 7.85. The zero-order chi connectivity index (χ0) is 14.5. The normalized spacial score (nSPS) is 17.9. The van der Waals surface area contributed by atoms with Crippen molar-refractivity contribution in [2.75, 3.05) is 18.6 Å². The number of esters is 1. The Morgan fingerprint density at radius 1 is 1.37 bits per heavy atom. The average Bonchev–Trinajstić information content (AvgIpc) is 3.05. The van der Waals surface area contributed by atoms with E-state index >= 15 is 0 Å². The first kappa shape index (κ1) is 16.1. The maximum absolute atomic E-state index is 11.9. The number of methoxy groups -OCH3 is 1. The summed E-state index contributed by atoms with van der Waals surface area (Å²) in [6.45, 7) is 3.79. The van der Waals surface area contributed by atoms with E-state index < -0.39 is 10.8 Å². The number of carbonyl (C=O) groups is 2. The lowest BCUT2D eigenvalue weighted by Crippen LogP contribution is -2.31. The fourth-order valence-electron chi connectivity index (χ4n) is 1.94. The summed E-state index contributed by atoms with van der Waals surface area (Å²) in [6, 6.07) is 0.107. The van der Waals surface area contributed by atoms with E-state index in [0.717, 1.165) is 12.8 Å². The van der Waals surface area contributed by atoms with E-state index in [2.05, 4.69) is 10.1 Å². The number of rotatable bonds is 8. The molecule has 0 aliphatic heterocycles. The van der Waals surface area contributed by atoms with Gasteiger partial charge in [0.15, 0.2) is 0 Å². The lowest BCUT2D eigenvalue weighted by atomic mass is 10.1. The zero-order valence-electron chi connectivity index (χ0n) is 11.9. The molecule has 110 valence electrons. The largest absolute Gasteiger partial charge is 0.469 e. The average molecular weight is 289 g/mol. The van der Waals surface area contributed by atoms with Crippen molar-refractivity contribution in [3.8, 4) is 0 Å². The van der Waals surface area contributed by atoms with E-state index in [-0.39, 0.29) is 29.8 Å². The summed E-state index contributed by atoms with van der Waals surface area (Å²) < 4.78 is 16.6. The molecule has 19 heavy (non-hydrogen) atoms. The molecule has 1 amide bonds. The third kappa shape index (κ3) is 6.18. The predicted molar refractivity (Wildman–Crippen MR) is 74.1 cm³/mol. The Labute approximate surface area is 116 Å². The molecule has 0 aromatic rings. The first-order valence-electron chi connectivity index (χ1n) is 6.58. The fraction of sp³-hybridized carbons (Fsp3) is 0.846. The fourth-order valence-corrected chi connectivity index (χ4v) is 3.57. The summed E-state index contributed by atoms with van der Waals surface area (Å²) in [7, 11) is 0.317. The topological polar surface area (TPSA) is 72.5 Å². The quantitative estimate of drug-likeness (QED) is 0.676. The summed E-state index contributed by atoms with van der Waals surface area (Å²) in [4.78, 5) is 22.7. The van der Waals surface area contributed by atoms with Gasteiger partial charge in [0.2, 0.25) is 5.91 Å². The van der Waals surface area contributed by atoms with E-state index in [1.165, 1.54) is 7.11 Å². The molecule has 0 heterocycles. The molecule has 0 aromatic carbocycles. The van der Waals surface area contributed by atoms with Gasteiger partial charge in [-0.3, -0.25) is 13.8 Å². The minimum Gasteiger partial charge on any atom is -0.469 e. The summed E-state index contributed by atoms with van der Waals surface area (Å²) >= 11 is 0. The third-order valence-corrected chi connectivity index (χ3v) is 4.77. The molecular weight excluding hydrogens is 266 g/mol. The number of nitrogens with one attached hydrogen (secondary N) is 1. The van der Waals surface area contributed by atoms with Gasteiger partial charge in [-0.05, 0) is 32.1 Å². The molecule has 1 atom stereocenters. The van der Waals surface area contributed by atoms with E-state index in [1.807, 2.05) is 13.8 Å². The van der Waals surface area contributed by atoms with Crippen molar-refractivity contribution < 1.29 is 18.5 Å². The second kappa shape index (κ2) is 7.03. The van der Waals surface area contributed by atoms with E-state index in [4.69, 9.17) is 0 Å². The number of hydrogen-bond acceptors (Lipinski definition) is 4. The molecule has 0 bridgehead atoms. The molecule has 1 fully saturated rings. The van der Waals surface area contributed by atoms with E-state index in [9.17, 15) is 13.8 Å². The Morgan fingerprint density at radius 2 is 2.00 bits per heavy atom. The smallest absolute Gasteiger partial charge is 0.306 e. The minimum absolute atomic E-state index is 0.0684. The second-order valence-corrected chi connectivity index (χ2v) is 7.09. The molecule has 5 nitrogen and oxygen atoms in total. The molecule has 1 unspecified atom stereocenters. The number of hydrogen-bond donors (Lipinski definition) is 1. The number of amides is 1. The zero-order valence-corrected chi connectivity index (χ0v) is 12.7. The van der Waals surface area contributed by atoms with Crippen molar-refractivity contribution in [2.45, 2.75) is 45.6 Å². The Balaban J connectivity index is 2.28. The molecule has 6 heteroatoms. The molecule has 0 radical (unpaired) electrons. The van der Waals surface area contributed by atoms with Crippen LogP contribution in [-0.2, 0) is 25.1 Å². The van der Waals surface area contributed by atoms with Crippen molar-refractivity contribution in [3.63, 3.8) is 0 Å². The molecule has 1 aliphatic carbocycles. The van der Waals surface area contributed by atoms with Gasteiger partial charge in [0.1, 0.15) is 0 Å². The summed E-state index contributed by atoms with van der Waals surface area (Å²) in [5, 5.41) is 2.77. The van der Waals surface area contributed by atoms with E-state index in [0.29, 0.717) is 17.9 Å². The molecule has 0 spiro atoms. The summed E-state index contributed by atoms with van der Waals surface area (Å²) in [6.07, 6.45) is 2.46. The molecule has 1 saturated carbocycles. The monoisotopic (exact) mass is 289 g/mol. The van der Waals surface area contributed by atoms with Gasteiger partial charge in [0, 0.05) is 34.8 Å². The molecule has 1 N–H and O–H groups in total. The van der Waals surface area contributed by atoms with Crippen molar-refractivity contribution in [1.29, 1.82) is 0 Å². The van der Waals surface area contributed by atoms with Crippen LogP contribution in [0.5, 0.6) is 0 Å². The SMILES string of the molecule is COC(=O)CC1(CS(=O)CCC(=O)NC(C)C)CC1. The van der Waals surface area contributed by atoms with Gasteiger partial charge in [0.25, 0.3) is 0 Å². The molecule has 0 aromatic heterocycles. The van der Waals surface area contributed by atoms with Crippen LogP contribution in [0.1, 0.15) is 39.5 Å². The number of ether oxygens (including phenoxy) is 1. The third-order valence-electron chi connectivity index (χ3n) is 3.18. The van der Waals surface area contributed by atoms with Gasteiger partial charge in [-0.2, -0.15) is 0 Å². The van der Waals surface area contributed by atoms with Crippen LogP contribution >= 0.6 is 0 Å². The molecule has 1 aliphatic rings. The maximum atomic E-state index is 11.9. The summed E-state index contributed by atoms with van der Waals surface area (Å²) in [5.41, 5.74) is -0.132. The Kier molecular flexibility index (Phi) is 5.97. The minimum atomic E-state index is -1.05. The second-order valence-electron chi connectivity index (χ2n) is 5.51. The highest BCUT2D eigenvalue weighted by Gasteiger charge is 2.45. The first-order chi connectivity index (χ1) is 8.87. The lowest BCUT2D eigenvalue weighted by Gasteiger charge is -2.13. The van der Waals surface area contributed by atoms with Crippen molar-refractivity contribution in [1.82, 2.24) is 5.32 Å². The van der Waals surface area contributed by atoms with E-state index in [1.54, 1.807) is 0 Å². The standard InChI is InChI=1S/C13H23NO4S/c1-10(2)14-11(15)4-7-19(17)9-13(5-6-13)8-12(16)18-3/h10H,4-9H2,1-3H3,(H,14,15). The van der Waals surface area contributed by atoms with Gasteiger partial charge in [-0.15, -0.1) is 0 Å². The first-order valence-corrected chi connectivity index (χ1v) is 8.07. The van der Waals surface area contributed by atoms with Crippen LogP contribution in [0.3, 0.4) is 0 Å². The molecular formula is C13H23NO4S. The Morgan fingerprint density at radius 3 is 2.47 bits per heavy atom. The maximum Gasteiger partial charge on any atom is 0.306 e. The van der Waals surface area contributed by atoms with Crippen LogP contribution in [0.4, 0.5) is 0 Å². The highest BCUT2D eigenvalue weighted by atomic mass is 32.2. The predicted octanol–water partition coefficient (Wildman–Crippen LogP) is 0.993. The van der Waals surface area contributed by atoms with Crippen LogP contribution in [-0.4, -0.2) is 40.7 Å². The van der Waals surface area contributed by atoms with Gasteiger partial charge in [0.05, 0.1) is 13.5 Å².